The van der Waals surface area contributed by atoms with Crippen LogP contribution in [0.1, 0.15) is 5.56 Å². The van der Waals surface area contributed by atoms with Gasteiger partial charge in [-0.25, -0.2) is 4.98 Å². The van der Waals surface area contributed by atoms with Gasteiger partial charge in [0.1, 0.15) is 4.83 Å². The molecule has 0 aliphatic carbocycles. The molecular weight excluding hydrogens is 473 g/mol. The Labute approximate surface area is 196 Å². The summed E-state index contributed by atoms with van der Waals surface area (Å²) in [7, 11) is 0. The molecule has 0 N–H and O–H groups in total. The molecule has 1 amide bonds. The largest absolute Gasteiger partial charge is 0.416 e. The van der Waals surface area contributed by atoms with Gasteiger partial charge in [0, 0.05) is 38.4 Å². The van der Waals surface area contributed by atoms with Crippen LogP contribution in [0.15, 0.2) is 58.3 Å². The molecule has 0 bridgehead atoms. The van der Waals surface area contributed by atoms with Crippen LogP contribution in [0.3, 0.4) is 0 Å². The number of fused-ring (bicyclic) bond motifs is 1. The van der Waals surface area contributed by atoms with E-state index in [0.717, 1.165) is 12.1 Å². The third kappa shape index (κ3) is 5.09. The molecule has 1 saturated heterocycles. The maximum Gasteiger partial charge on any atom is 0.416 e. The van der Waals surface area contributed by atoms with Gasteiger partial charge in [0.25, 0.3) is 5.56 Å². The normalized spacial score (nSPS) is 14.6. The molecule has 0 saturated carbocycles. The molecular formula is C22H21F3N4O2S2. The number of alkyl halides is 3. The number of thiophene rings is 1. The molecule has 33 heavy (non-hydrogen) atoms. The summed E-state index contributed by atoms with van der Waals surface area (Å²) >= 11 is 2.57. The second-order valence-corrected chi connectivity index (χ2v) is 9.28. The van der Waals surface area contributed by atoms with Crippen LogP contribution in [-0.4, -0.2) is 52.3 Å². The molecule has 0 radical (unpaired) electrons. The van der Waals surface area contributed by atoms with Crippen LogP contribution in [0.5, 0.6) is 0 Å². The summed E-state index contributed by atoms with van der Waals surface area (Å²) in [5, 5.41) is 2.81. The van der Waals surface area contributed by atoms with E-state index < -0.39 is 11.7 Å². The number of thioether (sulfide) groups is 1. The van der Waals surface area contributed by atoms with Gasteiger partial charge < -0.3 is 9.80 Å². The molecule has 0 spiro atoms. The summed E-state index contributed by atoms with van der Waals surface area (Å²) in [6, 6.07) is 6.96. The summed E-state index contributed by atoms with van der Waals surface area (Å²) in [5.41, 5.74) is -0.352. The highest BCUT2D eigenvalue weighted by Crippen LogP contribution is 2.32. The zero-order chi connectivity index (χ0) is 23.6. The minimum atomic E-state index is -4.39. The van der Waals surface area contributed by atoms with Gasteiger partial charge in [0.05, 0.1) is 16.7 Å². The van der Waals surface area contributed by atoms with Gasteiger partial charge in [-0.05, 0) is 29.6 Å². The van der Waals surface area contributed by atoms with E-state index in [4.69, 9.17) is 0 Å². The van der Waals surface area contributed by atoms with Crippen LogP contribution in [0.2, 0.25) is 0 Å². The van der Waals surface area contributed by atoms with E-state index in [-0.39, 0.29) is 17.2 Å². The highest BCUT2D eigenvalue weighted by molar-refractivity contribution is 7.99. The van der Waals surface area contributed by atoms with Crippen molar-refractivity contribution in [2.75, 3.05) is 36.8 Å². The number of anilines is 1. The number of aromatic nitrogens is 2. The average Bonchev–Trinajstić information content (AvgIpc) is 3.28. The molecule has 3 heterocycles. The number of nitrogens with zero attached hydrogens (tertiary/aromatic N) is 4. The summed E-state index contributed by atoms with van der Waals surface area (Å²) in [6.07, 6.45) is -2.78. The quantitative estimate of drug-likeness (QED) is 0.293. The summed E-state index contributed by atoms with van der Waals surface area (Å²) < 4.78 is 40.5. The van der Waals surface area contributed by atoms with Crippen LogP contribution in [0.25, 0.3) is 10.2 Å². The monoisotopic (exact) mass is 494 g/mol. The van der Waals surface area contributed by atoms with Crippen molar-refractivity contribution in [2.45, 2.75) is 17.9 Å². The molecule has 1 aromatic carbocycles. The van der Waals surface area contributed by atoms with Gasteiger partial charge in [0.2, 0.25) is 5.91 Å². The lowest BCUT2D eigenvalue weighted by Crippen LogP contribution is -2.49. The zero-order valence-corrected chi connectivity index (χ0v) is 19.2. The van der Waals surface area contributed by atoms with Crippen molar-refractivity contribution in [3.8, 4) is 0 Å². The maximum absolute atomic E-state index is 13.0. The van der Waals surface area contributed by atoms with Gasteiger partial charge in [-0.3, -0.25) is 14.2 Å². The third-order valence-electron chi connectivity index (χ3n) is 5.36. The minimum Gasteiger partial charge on any atom is -0.368 e. The predicted molar refractivity (Wildman–Crippen MR) is 125 cm³/mol. The standard InChI is InChI=1S/C22H21F3N4O2S2/c1-2-7-29-20(31)17-6-12-32-19(17)26-21(29)33-14-18(30)28-10-8-27(9-11-28)16-5-3-4-15(13-16)22(23,24)25/h2-6,12-13H,1,7-11,14H2. The van der Waals surface area contributed by atoms with E-state index in [1.165, 1.54) is 33.7 Å². The molecule has 1 aliphatic rings. The molecule has 4 rings (SSSR count). The number of carbonyl (C=O) groups excluding carboxylic acids is 1. The summed E-state index contributed by atoms with van der Waals surface area (Å²) in [6.45, 7) is 5.69. The van der Waals surface area contributed by atoms with Crippen molar-refractivity contribution >= 4 is 44.9 Å². The molecule has 1 fully saturated rings. The minimum absolute atomic E-state index is 0.102. The van der Waals surface area contributed by atoms with Crippen molar-refractivity contribution < 1.29 is 18.0 Å². The van der Waals surface area contributed by atoms with Crippen molar-refractivity contribution in [3.63, 3.8) is 0 Å². The Morgan fingerprint density at radius 3 is 2.67 bits per heavy atom. The van der Waals surface area contributed by atoms with Crippen molar-refractivity contribution in [1.82, 2.24) is 14.5 Å². The molecule has 6 nitrogen and oxygen atoms in total. The van der Waals surface area contributed by atoms with Crippen LogP contribution in [-0.2, 0) is 17.5 Å². The number of amides is 1. The Balaban J connectivity index is 1.39. The molecule has 3 aromatic rings. The number of hydrogen-bond donors (Lipinski definition) is 0. The lowest BCUT2D eigenvalue weighted by Gasteiger charge is -2.36. The van der Waals surface area contributed by atoms with Gasteiger partial charge >= 0.3 is 6.18 Å². The molecule has 174 valence electrons. The second kappa shape index (κ2) is 9.60. The van der Waals surface area contributed by atoms with Gasteiger partial charge in [-0.15, -0.1) is 17.9 Å². The zero-order valence-electron chi connectivity index (χ0n) is 17.5. The number of halogens is 3. The van der Waals surface area contributed by atoms with E-state index in [2.05, 4.69) is 11.6 Å². The van der Waals surface area contributed by atoms with E-state index in [0.29, 0.717) is 53.8 Å². The maximum atomic E-state index is 13.0. The van der Waals surface area contributed by atoms with Crippen molar-refractivity contribution in [3.05, 3.63) is 64.3 Å². The smallest absolute Gasteiger partial charge is 0.368 e. The molecule has 2 aromatic heterocycles. The highest BCUT2D eigenvalue weighted by atomic mass is 32.2. The SMILES string of the molecule is C=CCn1c(SCC(=O)N2CCN(c3cccc(C(F)(F)F)c3)CC2)nc2sccc2c1=O. The Hall–Kier alpha value is -2.79. The van der Waals surface area contributed by atoms with E-state index in [1.807, 2.05) is 4.90 Å². The van der Waals surface area contributed by atoms with Gasteiger partial charge in [-0.1, -0.05) is 23.9 Å². The van der Waals surface area contributed by atoms with Gasteiger partial charge in [-0.2, -0.15) is 13.2 Å². The third-order valence-corrected chi connectivity index (χ3v) is 7.12. The van der Waals surface area contributed by atoms with Crippen LogP contribution >= 0.6 is 23.1 Å². The van der Waals surface area contributed by atoms with Crippen LogP contribution in [0, 0.1) is 0 Å². The Kier molecular flexibility index (Phi) is 6.80. The number of benzene rings is 1. The van der Waals surface area contributed by atoms with Crippen molar-refractivity contribution in [1.29, 1.82) is 0 Å². The van der Waals surface area contributed by atoms with Crippen LogP contribution < -0.4 is 10.5 Å². The Morgan fingerprint density at radius 2 is 1.97 bits per heavy atom. The lowest BCUT2D eigenvalue weighted by molar-refractivity contribution is -0.137. The average molecular weight is 495 g/mol. The first-order valence-corrected chi connectivity index (χ1v) is 12.1. The lowest BCUT2D eigenvalue weighted by atomic mass is 10.1. The predicted octanol–water partition coefficient (Wildman–Crippen LogP) is 4.10. The summed E-state index contributed by atoms with van der Waals surface area (Å²) in [4.78, 5) is 34.2. The number of piperazine rings is 1. The fourth-order valence-corrected chi connectivity index (χ4v) is 5.36. The van der Waals surface area contributed by atoms with E-state index in [1.54, 1.807) is 28.5 Å². The van der Waals surface area contributed by atoms with Gasteiger partial charge in [0.15, 0.2) is 5.16 Å². The molecule has 0 unspecified atom stereocenters. The molecule has 1 aliphatic heterocycles. The molecule has 0 atom stereocenters. The first-order chi connectivity index (χ1) is 15.8. The fraction of sp³-hybridized carbons (Fsp3) is 0.318. The first-order valence-electron chi connectivity index (χ1n) is 10.2. The van der Waals surface area contributed by atoms with Crippen LogP contribution in [0.4, 0.5) is 18.9 Å². The topological polar surface area (TPSA) is 58.4 Å². The number of rotatable bonds is 6. The fourth-order valence-electron chi connectivity index (χ4n) is 3.64. The molecule has 11 heteroatoms. The van der Waals surface area contributed by atoms with E-state index in [9.17, 15) is 22.8 Å². The first kappa shape index (κ1) is 23.4. The number of hydrogen-bond acceptors (Lipinski definition) is 6. The number of allylic oxidation sites excluding steroid dienone is 1. The Morgan fingerprint density at radius 1 is 1.21 bits per heavy atom. The highest BCUT2D eigenvalue weighted by Gasteiger charge is 2.31. The van der Waals surface area contributed by atoms with Crippen molar-refractivity contribution in [2.24, 2.45) is 0 Å². The summed E-state index contributed by atoms with van der Waals surface area (Å²) in [5.74, 6) is 0.0127. The second-order valence-electron chi connectivity index (χ2n) is 7.44. The number of carbonyl (C=O) groups is 1. The Bertz CT molecular complexity index is 1230. The van der Waals surface area contributed by atoms with E-state index >= 15 is 0 Å².